The molecule has 1 aliphatic carbocycles. The van der Waals surface area contributed by atoms with Crippen LogP contribution in [-0.4, -0.2) is 11.7 Å². The molecule has 1 rings (SSSR count). The molecule has 0 aromatic rings. The summed E-state index contributed by atoms with van der Waals surface area (Å²) in [6.07, 6.45) is 3.63. The van der Waals surface area contributed by atoms with E-state index < -0.39 is 0 Å². The molecular formula is C8H16O. The molecule has 0 radical (unpaired) electrons. The first-order chi connectivity index (χ1) is 4.23. The van der Waals surface area contributed by atoms with Gasteiger partial charge in [0.25, 0.3) is 0 Å². The lowest BCUT2D eigenvalue weighted by Crippen LogP contribution is -1.96. The summed E-state index contributed by atoms with van der Waals surface area (Å²) in [7, 11) is 0. The van der Waals surface area contributed by atoms with E-state index in [0.29, 0.717) is 12.0 Å². The van der Waals surface area contributed by atoms with Crippen molar-refractivity contribution in [1.29, 1.82) is 0 Å². The summed E-state index contributed by atoms with van der Waals surface area (Å²) >= 11 is 0. The first-order valence-corrected chi connectivity index (χ1v) is 3.84. The molecule has 0 saturated heterocycles. The highest BCUT2D eigenvalue weighted by Crippen LogP contribution is 2.56. The molecule has 1 N–H and O–H groups in total. The van der Waals surface area contributed by atoms with Crippen LogP contribution in [0.25, 0.3) is 0 Å². The van der Waals surface area contributed by atoms with Gasteiger partial charge >= 0.3 is 0 Å². The molecule has 1 saturated carbocycles. The summed E-state index contributed by atoms with van der Waals surface area (Å²) in [5.41, 5.74) is 0.600. The Bertz CT molecular complexity index is 98.7. The van der Waals surface area contributed by atoms with Crippen molar-refractivity contribution in [3.8, 4) is 0 Å². The average molecular weight is 128 g/mol. The third kappa shape index (κ3) is 1.26. The molecule has 0 bridgehead atoms. The van der Waals surface area contributed by atoms with Crippen molar-refractivity contribution in [3.05, 3.63) is 0 Å². The van der Waals surface area contributed by atoms with E-state index in [2.05, 4.69) is 13.8 Å². The Labute approximate surface area is 57.1 Å². The number of aliphatic hydroxyl groups excluding tert-OH is 1. The molecule has 54 valence electrons. The minimum atomic E-state index is 0.375. The first kappa shape index (κ1) is 7.07. The maximum absolute atomic E-state index is 8.60. The van der Waals surface area contributed by atoms with Gasteiger partial charge < -0.3 is 5.11 Å². The highest BCUT2D eigenvalue weighted by atomic mass is 16.3. The maximum atomic E-state index is 8.60. The van der Waals surface area contributed by atoms with Gasteiger partial charge in [0.2, 0.25) is 0 Å². The first-order valence-electron chi connectivity index (χ1n) is 3.84. The van der Waals surface area contributed by atoms with Crippen LogP contribution in [0.4, 0.5) is 0 Å². The Kier molecular flexibility index (Phi) is 1.80. The zero-order valence-corrected chi connectivity index (χ0v) is 6.35. The predicted octanol–water partition coefficient (Wildman–Crippen LogP) is 1.81. The summed E-state index contributed by atoms with van der Waals surface area (Å²) in [4.78, 5) is 0. The molecule has 0 aromatic carbocycles. The molecule has 1 aliphatic rings. The topological polar surface area (TPSA) is 20.2 Å². The van der Waals surface area contributed by atoms with Gasteiger partial charge in [0, 0.05) is 6.61 Å². The molecule has 9 heavy (non-hydrogen) atoms. The monoisotopic (exact) mass is 128 g/mol. The fourth-order valence-electron chi connectivity index (χ4n) is 1.54. The molecule has 0 amide bonds. The Morgan fingerprint density at radius 3 is 2.67 bits per heavy atom. The smallest absolute Gasteiger partial charge is 0.0433 e. The van der Waals surface area contributed by atoms with Crippen LogP contribution >= 0.6 is 0 Å². The van der Waals surface area contributed by atoms with E-state index >= 15 is 0 Å². The molecule has 1 heteroatoms. The normalized spacial score (nSPS) is 41.0. The van der Waals surface area contributed by atoms with E-state index in [1.54, 1.807) is 0 Å². The van der Waals surface area contributed by atoms with Crippen molar-refractivity contribution >= 4 is 0 Å². The van der Waals surface area contributed by atoms with Gasteiger partial charge in [0.1, 0.15) is 0 Å². The number of hydrogen-bond acceptors (Lipinski definition) is 1. The largest absolute Gasteiger partial charge is 0.396 e. The quantitative estimate of drug-likeness (QED) is 0.614. The Morgan fingerprint density at radius 2 is 2.33 bits per heavy atom. The average Bonchev–Trinajstić information content (AvgIpc) is 2.46. The molecule has 0 spiro atoms. The van der Waals surface area contributed by atoms with Crippen LogP contribution < -0.4 is 0 Å². The third-order valence-corrected chi connectivity index (χ3v) is 2.82. The summed E-state index contributed by atoms with van der Waals surface area (Å²) in [5.74, 6) is 0.826. The summed E-state index contributed by atoms with van der Waals surface area (Å²) < 4.78 is 0. The van der Waals surface area contributed by atoms with Gasteiger partial charge in [-0.25, -0.2) is 0 Å². The van der Waals surface area contributed by atoms with Crippen LogP contribution in [0.3, 0.4) is 0 Å². The van der Waals surface area contributed by atoms with E-state index in [1.165, 1.54) is 12.8 Å². The highest BCUT2D eigenvalue weighted by Gasteiger charge is 2.47. The fraction of sp³-hybridized carbons (Fsp3) is 1.00. The van der Waals surface area contributed by atoms with Gasteiger partial charge in [-0.05, 0) is 24.2 Å². The highest BCUT2D eigenvalue weighted by molar-refractivity contribution is 4.97. The molecule has 0 heterocycles. The Morgan fingerprint density at radius 1 is 1.67 bits per heavy atom. The standard InChI is InChI=1S/C8H16O/c1-3-8(2)6-7(8)4-5-9/h7,9H,3-6H2,1-2H3/t7-,8+/m1/s1. The van der Waals surface area contributed by atoms with Crippen LogP contribution in [-0.2, 0) is 0 Å². The van der Waals surface area contributed by atoms with Crippen LogP contribution in [0.1, 0.15) is 33.1 Å². The van der Waals surface area contributed by atoms with E-state index in [1.807, 2.05) is 0 Å². The van der Waals surface area contributed by atoms with Crippen LogP contribution in [0.15, 0.2) is 0 Å². The lowest BCUT2D eigenvalue weighted by molar-refractivity contribution is 0.269. The Balaban J connectivity index is 2.22. The lowest BCUT2D eigenvalue weighted by Gasteiger charge is -2.04. The second-order valence-corrected chi connectivity index (χ2v) is 3.42. The van der Waals surface area contributed by atoms with E-state index in [4.69, 9.17) is 5.11 Å². The van der Waals surface area contributed by atoms with Gasteiger partial charge in [-0.2, -0.15) is 0 Å². The second kappa shape index (κ2) is 2.30. The van der Waals surface area contributed by atoms with Gasteiger partial charge in [0.05, 0.1) is 0 Å². The zero-order valence-electron chi connectivity index (χ0n) is 6.35. The van der Waals surface area contributed by atoms with Crippen molar-refractivity contribution in [2.45, 2.75) is 33.1 Å². The molecule has 1 nitrogen and oxygen atoms in total. The van der Waals surface area contributed by atoms with Crippen molar-refractivity contribution in [3.63, 3.8) is 0 Å². The van der Waals surface area contributed by atoms with Crippen molar-refractivity contribution < 1.29 is 5.11 Å². The fourth-order valence-corrected chi connectivity index (χ4v) is 1.54. The third-order valence-electron chi connectivity index (χ3n) is 2.82. The zero-order chi connectivity index (χ0) is 6.91. The second-order valence-electron chi connectivity index (χ2n) is 3.42. The predicted molar refractivity (Wildman–Crippen MR) is 38.2 cm³/mol. The lowest BCUT2D eigenvalue weighted by atomic mass is 10.0. The molecule has 0 aliphatic heterocycles. The minimum Gasteiger partial charge on any atom is -0.396 e. The van der Waals surface area contributed by atoms with Crippen molar-refractivity contribution in [2.75, 3.05) is 6.61 Å². The van der Waals surface area contributed by atoms with Crippen molar-refractivity contribution in [1.82, 2.24) is 0 Å². The summed E-state index contributed by atoms with van der Waals surface area (Å²) in [6, 6.07) is 0. The number of hydrogen-bond donors (Lipinski definition) is 1. The Hall–Kier alpha value is -0.0400. The molecular weight excluding hydrogens is 112 g/mol. The SMILES string of the molecule is CC[C@@]1(C)C[C@H]1CCO. The van der Waals surface area contributed by atoms with Gasteiger partial charge in [0.15, 0.2) is 0 Å². The molecule has 0 unspecified atom stereocenters. The number of aliphatic hydroxyl groups is 1. The van der Waals surface area contributed by atoms with Crippen LogP contribution in [0, 0.1) is 11.3 Å². The van der Waals surface area contributed by atoms with Gasteiger partial charge in [-0.15, -0.1) is 0 Å². The van der Waals surface area contributed by atoms with E-state index in [0.717, 1.165) is 12.3 Å². The van der Waals surface area contributed by atoms with Gasteiger partial charge in [-0.1, -0.05) is 20.3 Å². The summed E-state index contributed by atoms with van der Waals surface area (Å²) in [5, 5.41) is 8.60. The molecule has 2 atom stereocenters. The minimum absolute atomic E-state index is 0.375. The maximum Gasteiger partial charge on any atom is 0.0433 e. The number of rotatable bonds is 3. The van der Waals surface area contributed by atoms with Crippen LogP contribution in [0.5, 0.6) is 0 Å². The van der Waals surface area contributed by atoms with Crippen LogP contribution in [0.2, 0.25) is 0 Å². The van der Waals surface area contributed by atoms with E-state index in [9.17, 15) is 0 Å². The molecule has 1 fully saturated rings. The van der Waals surface area contributed by atoms with Crippen molar-refractivity contribution in [2.24, 2.45) is 11.3 Å². The van der Waals surface area contributed by atoms with Gasteiger partial charge in [-0.3, -0.25) is 0 Å². The molecule has 0 aromatic heterocycles. The van der Waals surface area contributed by atoms with E-state index in [-0.39, 0.29) is 0 Å². The summed E-state index contributed by atoms with van der Waals surface area (Å²) in [6.45, 7) is 4.92.